The molecule has 0 spiro atoms. The molecule has 3 rings (SSSR count). The van der Waals surface area contributed by atoms with Crippen molar-refractivity contribution in [2.45, 2.75) is 44.9 Å². The van der Waals surface area contributed by atoms with Crippen LogP contribution in [-0.4, -0.2) is 16.7 Å². The Morgan fingerprint density at radius 2 is 1.78 bits per heavy atom. The van der Waals surface area contributed by atoms with Gasteiger partial charge < -0.3 is 11.1 Å². The number of nitro groups is 1. The van der Waals surface area contributed by atoms with Crippen molar-refractivity contribution in [2.24, 2.45) is 5.73 Å². The SMILES string of the molecule is NC(=O)c1c(NC(=O)Cc2ccc([N+](=O)[O-])cc2)sc2c1CCCCCC2. The molecule has 142 valence electrons. The Bertz CT molecular complexity index is 874. The third-order valence-electron chi connectivity index (χ3n) is 4.68. The molecule has 0 saturated carbocycles. The molecule has 2 aromatic rings. The van der Waals surface area contributed by atoms with Crippen molar-refractivity contribution >= 4 is 33.8 Å². The second-order valence-electron chi connectivity index (χ2n) is 6.63. The van der Waals surface area contributed by atoms with Crippen molar-refractivity contribution in [3.8, 4) is 0 Å². The summed E-state index contributed by atoms with van der Waals surface area (Å²) >= 11 is 1.44. The zero-order chi connectivity index (χ0) is 19.4. The number of benzene rings is 1. The van der Waals surface area contributed by atoms with Gasteiger partial charge >= 0.3 is 0 Å². The molecule has 2 amide bonds. The maximum atomic E-state index is 12.4. The van der Waals surface area contributed by atoms with Gasteiger partial charge in [-0.2, -0.15) is 0 Å². The van der Waals surface area contributed by atoms with Crippen LogP contribution < -0.4 is 11.1 Å². The largest absolute Gasteiger partial charge is 0.365 e. The van der Waals surface area contributed by atoms with E-state index in [1.54, 1.807) is 12.1 Å². The molecule has 0 radical (unpaired) electrons. The van der Waals surface area contributed by atoms with Crippen LogP contribution in [0.3, 0.4) is 0 Å². The van der Waals surface area contributed by atoms with E-state index in [2.05, 4.69) is 5.32 Å². The number of nitrogens with one attached hydrogen (secondary N) is 1. The lowest BCUT2D eigenvalue weighted by molar-refractivity contribution is -0.384. The lowest BCUT2D eigenvalue weighted by atomic mass is 9.96. The molecule has 0 aliphatic heterocycles. The Morgan fingerprint density at radius 3 is 2.41 bits per heavy atom. The molecule has 7 nitrogen and oxygen atoms in total. The maximum absolute atomic E-state index is 12.4. The summed E-state index contributed by atoms with van der Waals surface area (Å²) in [5, 5.41) is 14.0. The number of fused-ring (bicyclic) bond motifs is 1. The molecule has 0 fully saturated rings. The third kappa shape index (κ3) is 4.51. The number of thiophene rings is 1. The highest BCUT2D eigenvalue weighted by molar-refractivity contribution is 7.17. The van der Waals surface area contributed by atoms with Crippen molar-refractivity contribution in [1.29, 1.82) is 0 Å². The summed E-state index contributed by atoms with van der Waals surface area (Å²) in [5.74, 6) is -0.792. The summed E-state index contributed by atoms with van der Waals surface area (Å²) in [4.78, 5) is 35.8. The van der Waals surface area contributed by atoms with E-state index in [1.807, 2.05) is 0 Å². The van der Waals surface area contributed by atoms with Gasteiger partial charge in [0.25, 0.3) is 11.6 Å². The predicted octanol–water partition coefficient (Wildman–Crippen LogP) is 3.60. The van der Waals surface area contributed by atoms with Gasteiger partial charge in [0, 0.05) is 17.0 Å². The molecule has 1 aliphatic rings. The molecule has 1 aromatic carbocycles. The Hall–Kier alpha value is -2.74. The van der Waals surface area contributed by atoms with Gasteiger partial charge in [-0.05, 0) is 36.8 Å². The number of aryl methyl sites for hydroxylation is 1. The molecule has 8 heteroatoms. The van der Waals surface area contributed by atoms with Crippen LogP contribution in [0.4, 0.5) is 10.7 Å². The van der Waals surface area contributed by atoms with E-state index in [0.717, 1.165) is 42.5 Å². The zero-order valence-electron chi connectivity index (χ0n) is 14.8. The van der Waals surface area contributed by atoms with Crippen LogP contribution >= 0.6 is 11.3 Å². The van der Waals surface area contributed by atoms with Crippen molar-refractivity contribution in [3.63, 3.8) is 0 Å². The quantitative estimate of drug-likeness (QED) is 0.602. The summed E-state index contributed by atoms with van der Waals surface area (Å²) < 4.78 is 0. The maximum Gasteiger partial charge on any atom is 0.269 e. The molecule has 1 heterocycles. The first-order valence-electron chi connectivity index (χ1n) is 8.93. The fourth-order valence-corrected chi connectivity index (χ4v) is 4.67. The van der Waals surface area contributed by atoms with Gasteiger partial charge in [-0.3, -0.25) is 19.7 Å². The topological polar surface area (TPSA) is 115 Å². The number of non-ortho nitro benzene ring substituents is 1. The normalized spacial score (nSPS) is 13.9. The van der Waals surface area contributed by atoms with Gasteiger partial charge in [0.05, 0.1) is 16.9 Å². The molecule has 0 atom stereocenters. The first kappa shape index (κ1) is 19.0. The standard InChI is InChI=1S/C19H21N3O4S/c20-18(24)17-14-5-3-1-2-4-6-15(14)27-19(17)21-16(23)11-12-7-9-13(10-8-12)22(25)26/h7-10H,1-6,11H2,(H2,20,24)(H,21,23). The summed E-state index contributed by atoms with van der Waals surface area (Å²) in [6, 6.07) is 5.85. The van der Waals surface area contributed by atoms with Gasteiger partial charge in [0.1, 0.15) is 5.00 Å². The van der Waals surface area contributed by atoms with Crippen molar-refractivity contribution in [2.75, 3.05) is 5.32 Å². The summed E-state index contributed by atoms with van der Waals surface area (Å²) in [7, 11) is 0. The third-order valence-corrected chi connectivity index (χ3v) is 5.89. The second kappa shape index (κ2) is 8.30. The monoisotopic (exact) mass is 387 g/mol. The smallest absolute Gasteiger partial charge is 0.269 e. The van der Waals surface area contributed by atoms with Gasteiger partial charge in [-0.1, -0.05) is 25.0 Å². The number of rotatable bonds is 5. The van der Waals surface area contributed by atoms with Gasteiger partial charge in [0.2, 0.25) is 5.91 Å². The van der Waals surface area contributed by atoms with E-state index in [1.165, 1.54) is 29.9 Å². The van der Waals surface area contributed by atoms with Gasteiger partial charge in [-0.25, -0.2) is 0 Å². The molecule has 1 aliphatic carbocycles. The van der Waals surface area contributed by atoms with E-state index >= 15 is 0 Å². The number of hydrogen-bond acceptors (Lipinski definition) is 5. The van der Waals surface area contributed by atoms with Crippen molar-refractivity contribution in [3.05, 3.63) is 55.9 Å². The molecular formula is C19H21N3O4S. The number of nitrogens with two attached hydrogens (primary N) is 1. The molecule has 0 bridgehead atoms. The van der Waals surface area contributed by atoms with Crippen LogP contribution in [0.25, 0.3) is 0 Å². The number of amides is 2. The predicted molar refractivity (Wildman–Crippen MR) is 104 cm³/mol. The Balaban J connectivity index is 1.77. The summed E-state index contributed by atoms with van der Waals surface area (Å²) in [6.07, 6.45) is 6.17. The number of nitrogens with zero attached hydrogens (tertiary/aromatic N) is 1. The first-order valence-corrected chi connectivity index (χ1v) is 9.75. The van der Waals surface area contributed by atoms with Crippen molar-refractivity contribution < 1.29 is 14.5 Å². The first-order chi connectivity index (χ1) is 13.0. The number of primary amides is 1. The molecule has 0 unspecified atom stereocenters. The Labute approximate surface area is 160 Å². The van der Waals surface area contributed by atoms with Crippen LogP contribution in [0.1, 0.15) is 52.0 Å². The van der Waals surface area contributed by atoms with E-state index in [4.69, 9.17) is 5.73 Å². The van der Waals surface area contributed by atoms with E-state index < -0.39 is 10.8 Å². The molecule has 27 heavy (non-hydrogen) atoms. The Kier molecular flexibility index (Phi) is 5.85. The summed E-state index contributed by atoms with van der Waals surface area (Å²) in [5.41, 5.74) is 7.66. The number of carbonyl (C=O) groups excluding carboxylic acids is 2. The number of hydrogen-bond donors (Lipinski definition) is 2. The average molecular weight is 387 g/mol. The number of anilines is 1. The van der Waals surface area contributed by atoms with Crippen LogP contribution in [0.2, 0.25) is 0 Å². The minimum atomic E-state index is -0.515. The van der Waals surface area contributed by atoms with Gasteiger partial charge in [0.15, 0.2) is 0 Å². The highest BCUT2D eigenvalue weighted by atomic mass is 32.1. The lowest BCUT2D eigenvalue weighted by Crippen LogP contribution is -2.19. The second-order valence-corrected chi connectivity index (χ2v) is 7.74. The Morgan fingerprint density at radius 1 is 1.11 bits per heavy atom. The number of nitro benzene ring substituents is 1. The average Bonchev–Trinajstić information content (AvgIpc) is 2.91. The van der Waals surface area contributed by atoms with E-state index in [9.17, 15) is 19.7 Å². The van der Waals surface area contributed by atoms with Crippen LogP contribution in [0.5, 0.6) is 0 Å². The fourth-order valence-electron chi connectivity index (χ4n) is 3.36. The molecule has 1 aromatic heterocycles. The number of carbonyl (C=O) groups is 2. The molecule has 0 saturated heterocycles. The highest BCUT2D eigenvalue weighted by Crippen LogP contribution is 2.36. The van der Waals surface area contributed by atoms with Crippen LogP contribution in [0.15, 0.2) is 24.3 Å². The van der Waals surface area contributed by atoms with Gasteiger partial charge in [-0.15, -0.1) is 11.3 Å². The van der Waals surface area contributed by atoms with Crippen molar-refractivity contribution in [1.82, 2.24) is 0 Å². The van der Waals surface area contributed by atoms with Crippen LogP contribution in [0, 0.1) is 10.1 Å². The minimum absolute atomic E-state index is 0.0202. The highest BCUT2D eigenvalue weighted by Gasteiger charge is 2.23. The minimum Gasteiger partial charge on any atom is -0.365 e. The van der Waals surface area contributed by atoms with E-state index in [-0.39, 0.29) is 18.0 Å². The van der Waals surface area contributed by atoms with E-state index in [0.29, 0.717) is 16.1 Å². The van der Waals surface area contributed by atoms with Crippen LogP contribution in [-0.2, 0) is 24.1 Å². The molecular weight excluding hydrogens is 366 g/mol. The summed E-state index contributed by atoms with van der Waals surface area (Å²) in [6.45, 7) is 0. The molecule has 3 N–H and O–H groups in total. The zero-order valence-corrected chi connectivity index (χ0v) is 15.6. The fraction of sp³-hybridized carbons (Fsp3) is 0.368. The lowest BCUT2D eigenvalue weighted by Gasteiger charge is -2.10.